The Balaban J connectivity index is 2.16. The van der Waals surface area contributed by atoms with Crippen molar-refractivity contribution in [1.29, 1.82) is 0 Å². The first kappa shape index (κ1) is 10.6. The van der Waals surface area contributed by atoms with Gasteiger partial charge in [0.1, 0.15) is 11.6 Å². The number of benzene rings is 1. The normalized spacial score (nSPS) is 18.1. The Morgan fingerprint density at radius 2 is 1.93 bits per heavy atom. The number of rotatable bonds is 1. The summed E-state index contributed by atoms with van der Waals surface area (Å²) in [6.45, 7) is 0. The maximum absolute atomic E-state index is 13.2. The molecule has 0 heterocycles. The van der Waals surface area contributed by atoms with Crippen molar-refractivity contribution >= 4 is 17.4 Å². The maximum atomic E-state index is 13.2. The maximum Gasteiger partial charge on any atom is 0.142 e. The van der Waals surface area contributed by atoms with Crippen LogP contribution in [0.15, 0.2) is 18.2 Å². The van der Waals surface area contributed by atoms with Gasteiger partial charge < -0.3 is 0 Å². The molecule has 0 amide bonds. The van der Waals surface area contributed by atoms with E-state index in [-0.39, 0.29) is 10.8 Å². The van der Waals surface area contributed by atoms with Crippen LogP contribution in [0.1, 0.15) is 37.2 Å². The van der Waals surface area contributed by atoms with E-state index in [1.807, 2.05) is 6.07 Å². The summed E-state index contributed by atoms with van der Waals surface area (Å²) < 4.78 is 13.2. The van der Waals surface area contributed by atoms with Gasteiger partial charge in [0, 0.05) is 12.8 Å². The Kier molecular flexibility index (Phi) is 3.06. The van der Waals surface area contributed by atoms with Gasteiger partial charge >= 0.3 is 0 Å². The highest BCUT2D eigenvalue weighted by Gasteiger charge is 2.20. The minimum absolute atomic E-state index is 0.158. The third-order valence-corrected chi connectivity index (χ3v) is 3.26. The molecule has 0 bridgehead atoms. The summed E-state index contributed by atoms with van der Waals surface area (Å²) in [4.78, 5) is 11.1. The number of carbonyl (C=O) groups excluding carboxylic acids is 1. The summed E-state index contributed by atoms with van der Waals surface area (Å²) in [5.41, 5.74) is 0.962. The Labute approximate surface area is 93.2 Å². The van der Waals surface area contributed by atoms with Gasteiger partial charge in [-0.05, 0) is 36.5 Å². The van der Waals surface area contributed by atoms with Crippen molar-refractivity contribution in [1.82, 2.24) is 0 Å². The van der Waals surface area contributed by atoms with Gasteiger partial charge in [0.25, 0.3) is 0 Å². The molecule has 80 valence electrons. The Bertz CT molecular complexity index is 379. The molecule has 2 rings (SSSR count). The number of hydrogen-bond acceptors (Lipinski definition) is 1. The van der Waals surface area contributed by atoms with Gasteiger partial charge in [-0.3, -0.25) is 4.79 Å². The zero-order valence-corrected chi connectivity index (χ0v) is 9.06. The minimum Gasteiger partial charge on any atom is -0.300 e. The number of carbonyl (C=O) groups is 1. The average molecular weight is 227 g/mol. The second-order valence-electron chi connectivity index (χ2n) is 3.99. The molecule has 3 heteroatoms. The van der Waals surface area contributed by atoms with E-state index in [1.54, 1.807) is 6.07 Å². The van der Waals surface area contributed by atoms with E-state index < -0.39 is 0 Å². The second kappa shape index (κ2) is 4.31. The molecular weight excluding hydrogens is 215 g/mol. The van der Waals surface area contributed by atoms with Crippen molar-refractivity contribution in [3.63, 3.8) is 0 Å². The van der Waals surface area contributed by atoms with Crippen LogP contribution < -0.4 is 0 Å². The summed E-state index contributed by atoms with van der Waals surface area (Å²) in [5, 5.41) is 0.158. The summed E-state index contributed by atoms with van der Waals surface area (Å²) >= 11 is 5.61. The van der Waals surface area contributed by atoms with Gasteiger partial charge in [0.2, 0.25) is 0 Å². The Morgan fingerprint density at radius 3 is 2.53 bits per heavy atom. The lowest BCUT2D eigenvalue weighted by atomic mass is 9.83. The van der Waals surface area contributed by atoms with Crippen LogP contribution in [0.2, 0.25) is 5.02 Å². The number of Topliss-reactive ketones (excluding diaryl/α,β-unsaturated/α-hetero) is 1. The first-order valence-electron chi connectivity index (χ1n) is 5.13. The summed E-state index contributed by atoms with van der Waals surface area (Å²) in [5.74, 6) is 0.265. The smallest absolute Gasteiger partial charge is 0.142 e. The molecule has 0 atom stereocenters. The molecule has 0 aromatic heterocycles. The first-order valence-corrected chi connectivity index (χ1v) is 5.51. The fourth-order valence-corrected chi connectivity index (χ4v) is 2.16. The summed E-state index contributed by atoms with van der Waals surface area (Å²) in [6, 6.07) is 4.93. The molecule has 0 aliphatic heterocycles. The molecule has 15 heavy (non-hydrogen) atoms. The molecule has 1 aromatic rings. The van der Waals surface area contributed by atoms with E-state index in [1.165, 1.54) is 6.07 Å². The fourth-order valence-electron chi connectivity index (χ4n) is 2.04. The highest BCUT2D eigenvalue weighted by Crippen LogP contribution is 2.32. The van der Waals surface area contributed by atoms with Crippen LogP contribution in [0.4, 0.5) is 4.39 Å². The third kappa shape index (κ3) is 2.37. The van der Waals surface area contributed by atoms with Crippen LogP contribution in [0.25, 0.3) is 0 Å². The second-order valence-corrected chi connectivity index (χ2v) is 4.39. The molecule has 0 saturated heterocycles. The van der Waals surface area contributed by atoms with E-state index in [2.05, 4.69) is 0 Å². The molecule has 1 aliphatic rings. The number of hydrogen-bond donors (Lipinski definition) is 0. The van der Waals surface area contributed by atoms with Crippen LogP contribution in [0.3, 0.4) is 0 Å². The SMILES string of the molecule is O=C1CCC(c2ccc(Cl)c(F)c2)CC1. The molecule has 0 spiro atoms. The lowest BCUT2D eigenvalue weighted by molar-refractivity contribution is -0.120. The standard InChI is InChI=1S/C12H12ClFO/c13-11-6-3-9(7-12(11)14)8-1-4-10(15)5-2-8/h3,6-8H,1-2,4-5H2. The number of ketones is 1. The van der Waals surface area contributed by atoms with Crippen molar-refractivity contribution in [3.05, 3.63) is 34.6 Å². The minimum atomic E-state index is -0.369. The average Bonchev–Trinajstić information content (AvgIpc) is 2.23. The zero-order chi connectivity index (χ0) is 10.8. The fraction of sp³-hybridized carbons (Fsp3) is 0.417. The van der Waals surface area contributed by atoms with Crippen LogP contribution in [0, 0.1) is 5.82 Å². The van der Waals surface area contributed by atoms with Gasteiger partial charge in [0.15, 0.2) is 0 Å². The topological polar surface area (TPSA) is 17.1 Å². The van der Waals surface area contributed by atoms with E-state index >= 15 is 0 Å². The molecule has 1 fully saturated rings. The molecule has 1 nitrogen and oxygen atoms in total. The molecule has 1 aliphatic carbocycles. The van der Waals surface area contributed by atoms with Gasteiger partial charge in [-0.2, -0.15) is 0 Å². The van der Waals surface area contributed by atoms with Crippen LogP contribution in [0.5, 0.6) is 0 Å². The quantitative estimate of drug-likeness (QED) is 0.714. The van der Waals surface area contributed by atoms with Crippen molar-refractivity contribution in [2.75, 3.05) is 0 Å². The zero-order valence-electron chi connectivity index (χ0n) is 8.30. The lowest BCUT2D eigenvalue weighted by Crippen LogP contribution is -2.12. The number of halogens is 2. The predicted molar refractivity (Wildman–Crippen MR) is 57.6 cm³/mol. The van der Waals surface area contributed by atoms with Crippen LogP contribution in [-0.4, -0.2) is 5.78 Å². The van der Waals surface area contributed by atoms with Crippen molar-refractivity contribution in [2.24, 2.45) is 0 Å². The van der Waals surface area contributed by atoms with Gasteiger partial charge in [0.05, 0.1) is 5.02 Å². The molecule has 0 N–H and O–H groups in total. The van der Waals surface area contributed by atoms with Gasteiger partial charge in [-0.25, -0.2) is 4.39 Å². The highest BCUT2D eigenvalue weighted by molar-refractivity contribution is 6.30. The Morgan fingerprint density at radius 1 is 1.27 bits per heavy atom. The third-order valence-electron chi connectivity index (χ3n) is 2.96. The van der Waals surface area contributed by atoms with Crippen LogP contribution >= 0.6 is 11.6 Å². The molecule has 1 saturated carbocycles. The molecule has 1 aromatic carbocycles. The predicted octanol–water partition coefficient (Wildman–Crippen LogP) is 3.71. The molecule has 0 radical (unpaired) electrons. The van der Waals surface area contributed by atoms with E-state index in [0.29, 0.717) is 24.5 Å². The van der Waals surface area contributed by atoms with Gasteiger partial charge in [-0.1, -0.05) is 17.7 Å². The summed E-state index contributed by atoms with van der Waals surface area (Å²) in [6.07, 6.45) is 2.91. The van der Waals surface area contributed by atoms with Crippen molar-refractivity contribution < 1.29 is 9.18 Å². The molecule has 0 unspecified atom stereocenters. The highest BCUT2D eigenvalue weighted by atomic mass is 35.5. The largest absolute Gasteiger partial charge is 0.300 e. The van der Waals surface area contributed by atoms with E-state index in [9.17, 15) is 9.18 Å². The van der Waals surface area contributed by atoms with E-state index in [4.69, 9.17) is 11.6 Å². The molecular formula is C12H12ClFO. The van der Waals surface area contributed by atoms with Gasteiger partial charge in [-0.15, -0.1) is 0 Å². The van der Waals surface area contributed by atoms with Crippen molar-refractivity contribution in [2.45, 2.75) is 31.6 Å². The van der Waals surface area contributed by atoms with E-state index in [0.717, 1.165) is 18.4 Å². The summed E-state index contributed by atoms with van der Waals surface area (Å²) in [7, 11) is 0. The lowest BCUT2D eigenvalue weighted by Gasteiger charge is -2.21. The van der Waals surface area contributed by atoms with Crippen molar-refractivity contribution in [3.8, 4) is 0 Å². The first-order chi connectivity index (χ1) is 7.16. The monoisotopic (exact) mass is 226 g/mol. The Hall–Kier alpha value is -0.890. The van der Waals surface area contributed by atoms with Crippen LogP contribution in [-0.2, 0) is 4.79 Å².